The molecule has 194 valence electrons. The fourth-order valence-electron chi connectivity index (χ4n) is 5.14. The summed E-state index contributed by atoms with van der Waals surface area (Å²) in [6.45, 7) is 14.4. The molecule has 7 heteroatoms. The number of Topliss-reactive ketones (excluding diaryl/α,β-unsaturated/α-hetero) is 1. The Morgan fingerprint density at radius 3 is 2.36 bits per heavy atom. The number of ketones is 1. The minimum atomic E-state index is -0.640. The Kier molecular flexibility index (Phi) is 7.59. The molecule has 0 aromatic heterocycles. The van der Waals surface area contributed by atoms with E-state index in [-0.39, 0.29) is 16.7 Å². The number of amides is 1. The molecule has 2 heterocycles. The van der Waals surface area contributed by atoms with Crippen molar-refractivity contribution < 1.29 is 24.2 Å². The van der Waals surface area contributed by atoms with Crippen LogP contribution in [-0.2, 0) is 9.59 Å². The van der Waals surface area contributed by atoms with E-state index in [0.717, 1.165) is 31.5 Å². The van der Waals surface area contributed by atoms with Crippen LogP contribution < -0.4 is 9.47 Å². The van der Waals surface area contributed by atoms with Gasteiger partial charge >= 0.3 is 0 Å². The summed E-state index contributed by atoms with van der Waals surface area (Å²) in [7, 11) is 0. The quantitative estimate of drug-likeness (QED) is 0.341. The number of hydrogen-bond acceptors (Lipinski definition) is 6. The zero-order chi connectivity index (χ0) is 26.0. The van der Waals surface area contributed by atoms with Gasteiger partial charge < -0.3 is 24.4 Å². The van der Waals surface area contributed by atoms with E-state index < -0.39 is 17.7 Å². The number of nitrogens with zero attached hydrogens (tertiary/aromatic N) is 2. The molecule has 1 aliphatic carbocycles. The van der Waals surface area contributed by atoms with Crippen LogP contribution in [0.5, 0.6) is 11.5 Å². The summed E-state index contributed by atoms with van der Waals surface area (Å²) in [5.41, 5.74) is 2.94. The molecular formula is C29H38N2O5. The topological polar surface area (TPSA) is 79.3 Å². The zero-order valence-corrected chi connectivity index (χ0v) is 22.1. The lowest BCUT2D eigenvalue weighted by Gasteiger charge is -2.32. The van der Waals surface area contributed by atoms with Crippen LogP contribution in [0.25, 0.3) is 5.76 Å². The Morgan fingerprint density at radius 1 is 1.06 bits per heavy atom. The Morgan fingerprint density at radius 2 is 1.75 bits per heavy atom. The van der Waals surface area contributed by atoms with Crippen molar-refractivity contribution in [1.29, 1.82) is 0 Å². The molecule has 1 atom stereocenters. The highest BCUT2D eigenvalue weighted by Gasteiger charge is 2.47. The van der Waals surface area contributed by atoms with E-state index in [1.807, 2.05) is 6.08 Å². The minimum Gasteiger partial charge on any atom is -0.507 e. The number of likely N-dealkylation sites (tertiary alicyclic amines) is 1. The van der Waals surface area contributed by atoms with E-state index in [2.05, 4.69) is 45.6 Å². The molecular weight excluding hydrogens is 456 g/mol. The van der Waals surface area contributed by atoms with Gasteiger partial charge in [0, 0.05) is 18.7 Å². The van der Waals surface area contributed by atoms with Gasteiger partial charge in [0.25, 0.3) is 11.7 Å². The van der Waals surface area contributed by atoms with Crippen molar-refractivity contribution in [3.63, 3.8) is 0 Å². The standard InChI is InChI=1S/C29H38N2O5/c1-6-30(7-2)14-15-31-25(19-8-11-21(12-9-19)29(3,4)5)24(27(33)28(31)34)26(32)20-10-13-22-23(18-20)36-17-16-35-22/h8,10-11,13,18,25,32H,6-7,9,12,14-17H2,1-5H3/t25-/m1/s1. The number of carbonyl (C=O) groups is 2. The number of fused-ring (bicyclic) bond motifs is 1. The average molecular weight is 495 g/mol. The molecule has 3 aliphatic rings. The van der Waals surface area contributed by atoms with Crippen LogP contribution in [0.1, 0.15) is 53.0 Å². The predicted molar refractivity (Wildman–Crippen MR) is 140 cm³/mol. The number of carbonyl (C=O) groups excluding carboxylic acids is 2. The van der Waals surface area contributed by atoms with E-state index in [9.17, 15) is 14.7 Å². The molecule has 1 saturated heterocycles. The van der Waals surface area contributed by atoms with Crippen molar-refractivity contribution in [3.8, 4) is 11.5 Å². The maximum Gasteiger partial charge on any atom is 0.295 e. The molecule has 4 rings (SSSR count). The SMILES string of the molecule is CCN(CC)CCN1C(=O)C(=O)C(=C(O)c2ccc3c(c2)OCCO3)[C@H]1C1=CC=C(C(C)(C)C)CC1. The lowest BCUT2D eigenvalue weighted by Crippen LogP contribution is -2.41. The first-order valence-corrected chi connectivity index (χ1v) is 13.0. The first-order valence-electron chi connectivity index (χ1n) is 13.0. The summed E-state index contributed by atoms with van der Waals surface area (Å²) in [4.78, 5) is 30.5. The summed E-state index contributed by atoms with van der Waals surface area (Å²) in [6, 6.07) is 4.52. The maximum atomic E-state index is 13.4. The van der Waals surface area contributed by atoms with Gasteiger partial charge in [-0.05, 0) is 55.1 Å². The van der Waals surface area contributed by atoms with Crippen molar-refractivity contribution in [1.82, 2.24) is 9.80 Å². The van der Waals surface area contributed by atoms with Gasteiger partial charge in [0.2, 0.25) is 0 Å². The van der Waals surface area contributed by atoms with Gasteiger partial charge in [-0.3, -0.25) is 9.59 Å². The molecule has 1 N–H and O–H groups in total. The van der Waals surface area contributed by atoms with Gasteiger partial charge in [-0.2, -0.15) is 0 Å². The normalized spacial score (nSPS) is 21.6. The number of benzene rings is 1. The number of aliphatic hydroxyl groups is 1. The third kappa shape index (κ3) is 5.07. The highest BCUT2D eigenvalue weighted by atomic mass is 16.6. The molecule has 7 nitrogen and oxygen atoms in total. The monoisotopic (exact) mass is 494 g/mol. The summed E-state index contributed by atoms with van der Waals surface area (Å²) in [5.74, 6) is -0.251. The van der Waals surface area contributed by atoms with Crippen LogP contribution in [0.4, 0.5) is 0 Å². The molecule has 1 amide bonds. The van der Waals surface area contributed by atoms with Crippen molar-refractivity contribution in [3.05, 3.63) is 52.6 Å². The fourth-order valence-corrected chi connectivity index (χ4v) is 5.14. The van der Waals surface area contributed by atoms with Crippen molar-refractivity contribution in [2.45, 2.75) is 53.5 Å². The van der Waals surface area contributed by atoms with E-state index >= 15 is 0 Å². The highest BCUT2D eigenvalue weighted by molar-refractivity contribution is 6.47. The molecule has 0 saturated carbocycles. The molecule has 2 aliphatic heterocycles. The van der Waals surface area contributed by atoms with E-state index in [1.165, 1.54) is 5.57 Å². The Bertz CT molecular complexity index is 1120. The van der Waals surface area contributed by atoms with E-state index in [1.54, 1.807) is 23.1 Å². The van der Waals surface area contributed by atoms with Crippen LogP contribution in [0, 0.1) is 5.41 Å². The average Bonchev–Trinajstić information content (AvgIpc) is 3.13. The number of likely N-dealkylation sites (N-methyl/N-ethyl adjacent to an activating group) is 1. The van der Waals surface area contributed by atoms with Crippen molar-refractivity contribution in [2.24, 2.45) is 5.41 Å². The lowest BCUT2D eigenvalue weighted by atomic mass is 9.78. The molecule has 1 fully saturated rings. The second-order valence-electron chi connectivity index (χ2n) is 10.6. The fraction of sp³-hybridized carbons (Fsp3) is 0.517. The Labute approximate surface area is 214 Å². The van der Waals surface area contributed by atoms with Gasteiger partial charge in [0.05, 0.1) is 11.6 Å². The molecule has 36 heavy (non-hydrogen) atoms. The number of ether oxygens (including phenoxy) is 2. The third-order valence-electron chi connectivity index (χ3n) is 7.40. The van der Waals surface area contributed by atoms with Gasteiger partial charge in [-0.25, -0.2) is 0 Å². The first kappa shape index (κ1) is 26.0. The first-order chi connectivity index (χ1) is 17.2. The molecule has 1 aromatic rings. The lowest BCUT2D eigenvalue weighted by molar-refractivity contribution is -0.139. The minimum absolute atomic E-state index is 0.0534. The van der Waals surface area contributed by atoms with Gasteiger partial charge in [0.15, 0.2) is 11.5 Å². The predicted octanol–water partition coefficient (Wildman–Crippen LogP) is 4.54. The highest BCUT2D eigenvalue weighted by Crippen LogP contribution is 2.40. The molecule has 0 unspecified atom stereocenters. The van der Waals surface area contributed by atoms with Crippen LogP contribution in [0.3, 0.4) is 0 Å². The van der Waals surface area contributed by atoms with Crippen molar-refractivity contribution in [2.75, 3.05) is 39.4 Å². The van der Waals surface area contributed by atoms with Crippen LogP contribution in [-0.4, -0.2) is 72.0 Å². The van der Waals surface area contributed by atoms with Crippen LogP contribution in [0.15, 0.2) is 47.1 Å². The van der Waals surface area contributed by atoms with Gasteiger partial charge in [-0.15, -0.1) is 0 Å². The zero-order valence-electron chi connectivity index (χ0n) is 22.1. The summed E-state index contributed by atoms with van der Waals surface area (Å²) in [5, 5.41) is 11.4. The van der Waals surface area contributed by atoms with Gasteiger partial charge in [-0.1, -0.05) is 52.3 Å². The number of hydrogen-bond donors (Lipinski definition) is 1. The molecule has 0 spiro atoms. The van der Waals surface area contributed by atoms with Crippen LogP contribution >= 0.6 is 0 Å². The molecule has 0 bridgehead atoms. The van der Waals surface area contributed by atoms with Gasteiger partial charge in [0.1, 0.15) is 19.0 Å². The Hall–Kier alpha value is -3.06. The van der Waals surface area contributed by atoms with E-state index in [4.69, 9.17) is 9.47 Å². The maximum absolute atomic E-state index is 13.4. The Balaban J connectivity index is 1.77. The largest absolute Gasteiger partial charge is 0.507 e. The number of rotatable bonds is 7. The second kappa shape index (κ2) is 10.5. The van der Waals surface area contributed by atoms with Crippen LogP contribution in [0.2, 0.25) is 0 Å². The molecule has 1 aromatic carbocycles. The number of aliphatic hydroxyl groups excluding tert-OH is 1. The summed E-state index contributed by atoms with van der Waals surface area (Å²) in [6.07, 6.45) is 5.75. The number of allylic oxidation sites excluding steroid dienone is 3. The second-order valence-corrected chi connectivity index (χ2v) is 10.6. The molecule has 0 radical (unpaired) electrons. The summed E-state index contributed by atoms with van der Waals surface area (Å²) < 4.78 is 11.3. The van der Waals surface area contributed by atoms with Crippen molar-refractivity contribution >= 4 is 17.4 Å². The third-order valence-corrected chi connectivity index (χ3v) is 7.40. The summed E-state index contributed by atoms with van der Waals surface area (Å²) >= 11 is 0. The smallest absolute Gasteiger partial charge is 0.295 e. The van der Waals surface area contributed by atoms with E-state index in [0.29, 0.717) is 43.4 Å².